The number of hydrogen-bond acceptors (Lipinski definition) is 7. The summed E-state index contributed by atoms with van der Waals surface area (Å²) in [4.78, 5) is 4.43. The van der Waals surface area contributed by atoms with E-state index in [-0.39, 0.29) is 22.0 Å². The Morgan fingerprint density at radius 2 is 2.05 bits per heavy atom. The minimum absolute atomic E-state index is 0.150. The first-order valence-corrected chi connectivity index (χ1v) is 9.51. The number of rotatable bonds is 7. The molecule has 2 N–H and O–H groups in total. The number of nitrogen functional groups attached to an aromatic ring is 1. The van der Waals surface area contributed by atoms with Gasteiger partial charge in [-0.25, -0.2) is 8.42 Å². The molecule has 2 rings (SSSR count). The second-order valence-electron chi connectivity index (χ2n) is 5.84. The van der Waals surface area contributed by atoms with Gasteiger partial charge in [0.2, 0.25) is 0 Å². The Hall–Kier alpha value is -0.860. The molecule has 1 aromatic rings. The van der Waals surface area contributed by atoms with E-state index >= 15 is 0 Å². The number of nitrogens with two attached hydrogens (primary N) is 1. The SMILES string of the molecule is CCN(c1snc(N)c1S(=O)(=O)C1CC1)C(C)CN(C)C. The number of sulfone groups is 1. The molecule has 0 aromatic carbocycles. The maximum Gasteiger partial charge on any atom is 0.187 e. The van der Waals surface area contributed by atoms with Crippen LogP contribution in [0.15, 0.2) is 4.90 Å². The summed E-state index contributed by atoms with van der Waals surface area (Å²) in [7, 11) is 0.681. The molecule has 0 aliphatic heterocycles. The van der Waals surface area contributed by atoms with E-state index in [1.54, 1.807) is 0 Å². The molecule has 0 saturated heterocycles. The molecule has 8 heteroatoms. The second kappa shape index (κ2) is 6.10. The van der Waals surface area contributed by atoms with Gasteiger partial charge in [0.25, 0.3) is 0 Å². The van der Waals surface area contributed by atoms with Crippen LogP contribution >= 0.6 is 11.5 Å². The molecule has 1 aliphatic carbocycles. The van der Waals surface area contributed by atoms with Crippen molar-refractivity contribution in [1.82, 2.24) is 9.27 Å². The van der Waals surface area contributed by atoms with Gasteiger partial charge in [-0.1, -0.05) is 0 Å². The third-order valence-corrected chi connectivity index (χ3v) is 7.02. The Kier molecular flexibility index (Phi) is 4.79. The quantitative estimate of drug-likeness (QED) is 0.814. The zero-order valence-electron chi connectivity index (χ0n) is 13.0. The van der Waals surface area contributed by atoms with Crippen molar-refractivity contribution in [2.45, 2.75) is 42.9 Å². The smallest absolute Gasteiger partial charge is 0.187 e. The van der Waals surface area contributed by atoms with Gasteiger partial charge in [-0.15, -0.1) is 0 Å². The first-order chi connectivity index (χ1) is 9.78. The van der Waals surface area contributed by atoms with Crippen molar-refractivity contribution in [3.63, 3.8) is 0 Å². The predicted molar refractivity (Wildman–Crippen MR) is 87.8 cm³/mol. The summed E-state index contributed by atoms with van der Waals surface area (Å²) in [6.07, 6.45) is 1.47. The number of likely N-dealkylation sites (N-methyl/N-ethyl adjacent to an activating group) is 2. The van der Waals surface area contributed by atoms with Gasteiger partial charge < -0.3 is 15.5 Å². The average molecular weight is 332 g/mol. The molecule has 1 fully saturated rings. The maximum absolute atomic E-state index is 12.6. The molecule has 0 radical (unpaired) electrons. The van der Waals surface area contributed by atoms with Gasteiger partial charge in [0.1, 0.15) is 9.90 Å². The lowest BCUT2D eigenvalue weighted by Crippen LogP contribution is -2.40. The Balaban J connectivity index is 2.39. The van der Waals surface area contributed by atoms with E-state index < -0.39 is 9.84 Å². The fraction of sp³-hybridized carbons (Fsp3) is 0.769. The summed E-state index contributed by atoms with van der Waals surface area (Å²) in [5.74, 6) is 0.150. The number of anilines is 2. The van der Waals surface area contributed by atoms with Crippen molar-refractivity contribution < 1.29 is 8.42 Å². The number of hydrogen-bond donors (Lipinski definition) is 1. The van der Waals surface area contributed by atoms with Crippen LogP contribution in [-0.4, -0.2) is 56.2 Å². The number of aromatic nitrogens is 1. The maximum atomic E-state index is 12.6. The molecule has 0 bridgehead atoms. The largest absolute Gasteiger partial charge is 0.382 e. The molecule has 21 heavy (non-hydrogen) atoms. The fourth-order valence-corrected chi connectivity index (χ4v) is 5.75. The highest BCUT2D eigenvalue weighted by atomic mass is 32.2. The molecule has 0 amide bonds. The zero-order valence-corrected chi connectivity index (χ0v) is 14.7. The zero-order chi connectivity index (χ0) is 15.8. The van der Waals surface area contributed by atoms with Crippen molar-refractivity contribution in [3.05, 3.63) is 0 Å². The summed E-state index contributed by atoms with van der Waals surface area (Å²) < 4.78 is 29.3. The first kappa shape index (κ1) is 16.5. The van der Waals surface area contributed by atoms with E-state index in [1.165, 1.54) is 11.5 Å². The van der Waals surface area contributed by atoms with Crippen molar-refractivity contribution in [1.29, 1.82) is 0 Å². The van der Waals surface area contributed by atoms with E-state index in [0.29, 0.717) is 5.00 Å². The van der Waals surface area contributed by atoms with Crippen LogP contribution in [0.25, 0.3) is 0 Å². The lowest BCUT2D eigenvalue weighted by Gasteiger charge is -2.31. The normalized spacial score (nSPS) is 17.2. The summed E-state index contributed by atoms with van der Waals surface area (Å²) in [6, 6.07) is 0.193. The third kappa shape index (κ3) is 3.32. The predicted octanol–water partition coefficient (Wildman–Crippen LogP) is 1.44. The van der Waals surface area contributed by atoms with E-state index in [2.05, 4.69) is 21.1 Å². The van der Waals surface area contributed by atoms with Crippen molar-refractivity contribution in [2.75, 3.05) is 37.8 Å². The van der Waals surface area contributed by atoms with Crippen LogP contribution in [0.3, 0.4) is 0 Å². The van der Waals surface area contributed by atoms with E-state index in [9.17, 15) is 8.42 Å². The van der Waals surface area contributed by atoms with Crippen LogP contribution in [0, 0.1) is 0 Å². The van der Waals surface area contributed by atoms with Crippen molar-refractivity contribution in [3.8, 4) is 0 Å². The van der Waals surface area contributed by atoms with Crippen LogP contribution in [0.1, 0.15) is 26.7 Å². The van der Waals surface area contributed by atoms with Crippen LogP contribution in [0.2, 0.25) is 0 Å². The molecule has 0 spiro atoms. The minimum atomic E-state index is -3.33. The molecular weight excluding hydrogens is 308 g/mol. The molecule has 1 heterocycles. The van der Waals surface area contributed by atoms with Crippen LogP contribution in [0.5, 0.6) is 0 Å². The number of nitrogens with zero attached hydrogens (tertiary/aromatic N) is 3. The highest BCUT2D eigenvalue weighted by Gasteiger charge is 2.41. The standard InChI is InChI=1S/C13H24N4O2S2/c1-5-17(9(2)8-16(3)4)13-11(12(14)15-20-13)21(18,19)10-6-7-10/h9-10H,5-8H2,1-4H3,(H2,14,15). The highest BCUT2D eigenvalue weighted by Crippen LogP contribution is 2.42. The van der Waals surface area contributed by atoms with Crippen molar-refractivity contribution >= 4 is 32.2 Å². The summed E-state index contributed by atoms with van der Waals surface area (Å²) in [5, 5.41) is 0.425. The van der Waals surface area contributed by atoms with Gasteiger partial charge in [0, 0.05) is 19.1 Å². The minimum Gasteiger partial charge on any atom is -0.382 e. The van der Waals surface area contributed by atoms with E-state index in [0.717, 1.165) is 25.9 Å². The highest BCUT2D eigenvalue weighted by molar-refractivity contribution is 7.92. The second-order valence-corrected chi connectivity index (χ2v) is 8.76. The summed E-state index contributed by atoms with van der Waals surface area (Å²) in [5.41, 5.74) is 5.87. The molecule has 120 valence electrons. The monoisotopic (exact) mass is 332 g/mol. The lowest BCUT2D eigenvalue weighted by atomic mass is 10.2. The topological polar surface area (TPSA) is 79.5 Å². The van der Waals surface area contributed by atoms with Gasteiger partial charge in [0.05, 0.1) is 5.25 Å². The van der Waals surface area contributed by atoms with E-state index in [1.807, 2.05) is 21.0 Å². The van der Waals surface area contributed by atoms with Crippen LogP contribution in [-0.2, 0) is 9.84 Å². The third-order valence-electron chi connectivity index (χ3n) is 3.67. The van der Waals surface area contributed by atoms with Gasteiger partial charge >= 0.3 is 0 Å². The molecule has 1 aromatic heterocycles. The van der Waals surface area contributed by atoms with E-state index in [4.69, 9.17) is 5.73 Å². The van der Waals surface area contributed by atoms with Crippen LogP contribution in [0.4, 0.5) is 10.8 Å². The fourth-order valence-electron chi connectivity index (χ4n) is 2.56. The Morgan fingerprint density at radius 3 is 2.52 bits per heavy atom. The lowest BCUT2D eigenvalue weighted by molar-refractivity contribution is 0.373. The molecule has 1 atom stereocenters. The van der Waals surface area contributed by atoms with Crippen molar-refractivity contribution in [2.24, 2.45) is 0 Å². The Labute approximate surface area is 131 Å². The molecule has 1 unspecified atom stereocenters. The molecule has 1 saturated carbocycles. The molecule has 1 aliphatic rings. The van der Waals surface area contributed by atoms with Gasteiger partial charge in [-0.2, -0.15) is 4.37 Å². The van der Waals surface area contributed by atoms with Gasteiger partial charge in [0.15, 0.2) is 15.7 Å². The first-order valence-electron chi connectivity index (χ1n) is 7.19. The Bertz CT molecular complexity index is 593. The Morgan fingerprint density at radius 1 is 1.43 bits per heavy atom. The average Bonchev–Trinajstić information content (AvgIpc) is 3.15. The van der Waals surface area contributed by atoms with Crippen LogP contribution < -0.4 is 10.6 Å². The summed E-state index contributed by atoms with van der Waals surface area (Å²) >= 11 is 1.19. The van der Waals surface area contributed by atoms with Gasteiger partial charge in [-0.05, 0) is 52.3 Å². The molecule has 6 nitrogen and oxygen atoms in total. The molecular formula is C13H24N4O2S2. The van der Waals surface area contributed by atoms with Gasteiger partial charge in [-0.3, -0.25) is 0 Å². The summed E-state index contributed by atoms with van der Waals surface area (Å²) in [6.45, 7) is 5.68.